The number of alkyl halides is 5. The molecule has 5 atom stereocenters. The van der Waals surface area contributed by atoms with Crippen molar-refractivity contribution in [1.29, 1.82) is 0 Å². The first-order valence-corrected chi connectivity index (χ1v) is 8.97. The van der Waals surface area contributed by atoms with Crippen LogP contribution in [0.5, 0.6) is 0 Å². The average molecular weight is 404 g/mol. The first-order chi connectivity index (χ1) is 12.0. The van der Waals surface area contributed by atoms with Crippen molar-refractivity contribution in [2.75, 3.05) is 0 Å². The van der Waals surface area contributed by atoms with E-state index in [-0.39, 0.29) is 12.8 Å². The highest BCUT2D eigenvalue weighted by Crippen LogP contribution is 2.48. The van der Waals surface area contributed by atoms with Crippen molar-refractivity contribution in [2.45, 2.75) is 90.2 Å². The Bertz CT molecular complexity index is 528. The molecule has 27 heavy (non-hydrogen) atoms. The van der Waals surface area contributed by atoms with Crippen LogP contribution >= 0.6 is 0 Å². The van der Waals surface area contributed by atoms with Crippen LogP contribution in [0.15, 0.2) is 0 Å². The number of rotatable bonds is 6. The second kappa shape index (κ2) is 7.81. The van der Waals surface area contributed by atoms with Gasteiger partial charge in [0.1, 0.15) is 11.7 Å². The highest BCUT2D eigenvalue weighted by atomic mass is 19.4. The SMILES string of the molecule is CCC(C)(C)C(=O)OC1CC(C(C)(O)C(F)F)CC(C(C)(O)C(F)(F)F)C1. The van der Waals surface area contributed by atoms with Gasteiger partial charge in [0.05, 0.1) is 5.41 Å². The van der Waals surface area contributed by atoms with E-state index in [0.717, 1.165) is 6.92 Å². The summed E-state index contributed by atoms with van der Waals surface area (Å²) in [5.41, 5.74) is -6.61. The number of aliphatic hydroxyl groups is 2. The number of halogens is 5. The number of esters is 1. The molecule has 0 amide bonds. The van der Waals surface area contributed by atoms with Gasteiger partial charge in [0, 0.05) is 5.92 Å². The Labute approximate surface area is 156 Å². The molecule has 4 nitrogen and oxygen atoms in total. The zero-order chi connectivity index (χ0) is 21.4. The highest BCUT2D eigenvalue weighted by molar-refractivity contribution is 5.76. The largest absolute Gasteiger partial charge is 0.462 e. The maximum absolute atomic E-state index is 13.3. The van der Waals surface area contributed by atoms with Crippen molar-refractivity contribution in [3.8, 4) is 0 Å². The van der Waals surface area contributed by atoms with E-state index in [0.29, 0.717) is 13.3 Å². The Kier molecular flexibility index (Phi) is 6.97. The molecule has 160 valence electrons. The molecule has 0 aromatic carbocycles. The molecular formula is C18H29F5O4. The Hall–Kier alpha value is -0.960. The normalized spacial score (nSPS) is 29.1. The maximum Gasteiger partial charge on any atom is 0.417 e. The van der Waals surface area contributed by atoms with Crippen LogP contribution in [0.2, 0.25) is 0 Å². The van der Waals surface area contributed by atoms with Gasteiger partial charge in [-0.1, -0.05) is 6.92 Å². The van der Waals surface area contributed by atoms with E-state index in [1.54, 1.807) is 20.8 Å². The summed E-state index contributed by atoms with van der Waals surface area (Å²) in [7, 11) is 0. The first kappa shape index (κ1) is 24.1. The Balaban J connectivity index is 3.16. The molecule has 1 fully saturated rings. The monoisotopic (exact) mass is 404 g/mol. The van der Waals surface area contributed by atoms with E-state index in [9.17, 15) is 37.0 Å². The van der Waals surface area contributed by atoms with E-state index in [1.807, 2.05) is 0 Å². The van der Waals surface area contributed by atoms with Crippen molar-refractivity contribution in [3.63, 3.8) is 0 Å². The molecule has 0 radical (unpaired) electrons. The van der Waals surface area contributed by atoms with Gasteiger partial charge in [-0.3, -0.25) is 4.79 Å². The lowest BCUT2D eigenvalue weighted by atomic mass is 9.67. The summed E-state index contributed by atoms with van der Waals surface area (Å²) in [6, 6.07) is 0. The summed E-state index contributed by atoms with van der Waals surface area (Å²) in [4.78, 5) is 12.3. The fourth-order valence-corrected chi connectivity index (χ4v) is 3.16. The first-order valence-electron chi connectivity index (χ1n) is 8.97. The third-order valence-electron chi connectivity index (χ3n) is 6.01. The zero-order valence-corrected chi connectivity index (χ0v) is 16.2. The quantitative estimate of drug-likeness (QED) is 0.517. The molecular weight excluding hydrogens is 375 g/mol. The van der Waals surface area contributed by atoms with Crippen LogP contribution in [-0.2, 0) is 9.53 Å². The summed E-state index contributed by atoms with van der Waals surface area (Å²) in [5.74, 6) is -3.42. The Morgan fingerprint density at radius 1 is 1.04 bits per heavy atom. The van der Waals surface area contributed by atoms with Crippen LogP contribution < -0.4 is 0 Å². The number of hydrogen-bond donors (Lipinski definition) is 2. The van der Waals surface area contributed by atoms with Gasteiger partial charge >= 0.3 is 12.1 Å². The molecule has 0 aliphatic heterocycles. The van der Waals surface area contributed by atoms with Crippen LogP contribution in [0.4, 0.5) is 22.0 Å². The van der Waals surface area contributed by atoms with Gasteiger partial charge in [-0.25, -0.2) is 8.78 Å². The highest BCUT2D eigenvalue weighted by Gasteiger charge is 2.58. The molecule has 1 aliphatic rings. The van der Waals surface area contributed by atoms with Crippen molar-refractivity contribution < 1.29 is 41.7 Å². The molecule has 2 N–H and O–H groups in total. The van der Waals surface area contributed by atoms with Gasteiger partial charge in [0.2, 0.25) is 0 Å². The molecule has 0 aromatic heterocycles. The fourth-order valence-electron chi connectivity index (χ4n) is 3.16. The summed E-state index contributed by atoms with van der Waals surface area (Å²) in [5, 5.41) is 20.1. The van der Waals surface area contributed by atoms with E-state index in [1.165, 1.54) is 0 Å². The topological polar surface area (TPSA) is 66.8 Å². The summed E-state index contributed by atoms with van der Waals surface area (Å²) >= 11 is 0. The standard InChI is InChI=1S/C18H29F5O4/c1-6-15(2,3)14(24)27-12-8-10(16(4,25)13(19)20)7-11(9-12)17(5,26)18(21,22)23/h10-13,25-26H,6-9H2,1-5H3. The lowest BCUT2D eigenvalue weighted by molar-refractivity contribution is -0.283. The summed E-state index contributed by atoms with van der Waals surface area (Å²) in [6.45, 7) is 6.38. The van der Waals surface area contributed by atoms with E-state index >= 15 is 0 Å². The van der Waals surface area contributed by atoms with E-state index < -0.39 is 59.5 Å². The van der Waals surface area contributed by atoms with Gasteiger partial charge in [-0.15, -0.1) is 0 Å². The van der Waals surface area contributed by atoms with Crippen molar-refractivity contribution in [1.82, 2.24) is 0 Å². The van der Waals surface area contributed by atoms with Crippen molar-refractivity contribution in [3.05, 3.63) is 0 Å². The van der Waals surface area contributed by atoms with Crippen LogP contribution in [0, 0.1) is 17.3 Å². The van der Waals surface area contributed by atoms with Crippen LogP contribution in [-0.4, -0.2) is 46.1 Å². The minimum absolute atomic E-state index is 0.201. The van der Waals surface area contributed by atoms with Gasteiger partial charge in [-0.2, -0.15) is 13.2 Å². The molecule has 9 heteroatoms. The van der Waals surface area contributed by atoms with Gasteiger partial charge in [-0.05, 0) is 59.3 Å². The molecule has 1 saturated carbocycles. The molecule has 0 bridgehead atoms. The lowest BCUT2D eigenvalue weighted by Crippen LogP contribution is -2.55. The summed E-state index contributed by atoms with van der Waals surface area (Å²) < 4.78 is 71.6. The molecule has 0 heterocycles. The number of carbonyl (C=O) groups excluding carboxylic acids is 1. The van der Waals surface area contributed by atoms with E-state index in [4.69, 9.17) is 4.74 Å². The van der Waals surface area contributed by atoms with Crippen LogP contribution in [0.25, 0.3) is 0 Å². The molecule has 5 unspecified atom stereocenters. The Morgan fingerprint density at radius 2 is 1.52 bits per heavy atom. The molecule has 0 aromatic rings. The minimum Gasteiger partial charge on any atom is -0.462 e. The number of carbonyl (C=O) groups is 1. The summed E-state index contributed by atoms with van der Waals surface area (Å²) in [6.07, 6.45) is -9.86. The minimum atomic E-state index is -4.99. The lowest BCUT2D eigenvalue weighted by Gasteiger charge is -2.46. The predicted molar refractivity (Wildman–Crippen MR) is 88.1 cm³/mol. The van der Waals surface area contributed by atoms with E-state index in [2.05, 4.69) is 0 Å². The van der Waals surface area contributed by atoms with Gasteiger partial charge in [0.25, 0.3) is 6.43 Å². The Morgan fingerprint density at radius 3 is 1.93 bits per heavy atom. The molecule has 0 spiro atoms. The maximum atomic E-state index is 13.3. The zero-order valence-electron chi connectivity index (χ0n) is 16.2. The second-order valence-electron chi connectivity index (χ2n) is 8.54. The van der Waals surface area contributed by atoms with Gasteiger partial charge < -0.3 is 14.9 Å². The average Bonchev–Trinajstić information content (AvgIpc) is 2.53. The molecule has 0 saturated heterocycles. The van der Waals surface area contributed by atoms with Gasteiger partial charge in [0.15, 0.2) is 5.60 Å². The number of ether oxygens (including phenoxy) is 1. The fraction of sp³-hybridized carbons (Fsp3) is 0.944. The third kappa shape index (κ3) is 5.10. The second-order valence-corrected chi connectivity index (χ2v) is 8.54. The third-order valence-corrected chi connectivity index (χ3v) is 6.01. The smallest absolute Gasteiger partial charge is 0.417 e. The molecule has 1 aliphatic carbocycles. The van der Waals surface area contributed by atoms with Crippen molar-refractivity contribution in [2.24, 2.45) is 17.3 Å². The van der Waals surface area contributed by atoms with Crippen LogP contribution in [0.1, 0.15) is 60.3 Å². The predicted octanol–water partition coefficient (Wildman–Crippen LogP) is 4.08. The molecule has 1 rings (SSSR count). The van der Waals surface area contributed by atoms with Crippen LogP contribution in [0.3, 0.4) is 0 Å². The number of hydrogen-bond acceptors (Lipinski definition) is 4. The van der Waals surface area contributed by atoms with Crippen molar-refractivity contribution >= 4 is 5.97 Å².